The first kappa shape index (κ1) is 27.2. The molecule has 10 nitrogen and oxygen atoms in total. The van der Waals surface area contributed by atoms with Crippen molar-refractivity contribution >= 4 is 27.5 Å². The number of benzene rings is 1. The van der Waals surface area contributed by atoms with E-state index in [4.69, 9.17) is 4.74 Å². The van der Waals surface area contributed by atoms with Crippen LogP contribution in [-0.2, 0) is 24.3 Å². The third-order valence-electron chi connectivity index (χ3n) is 4.98. The van der Waals surface area contributed by atoms with Gasteiger partial charge in [0.15, 0.2) is 5.78 Å². The molecule has 1 aliphatic heterocycles. The highest BCUT2D eigenvalue weighted by atomic mass is 32.2. The molecule has 1 atom stereocenters. The van der Waals surface area contributed by atoms with Gasteiger partial charge in [-0.2, -0.15) is 0 Å². The summed E-state index contributed by atoms with van der Waals surface area (Å²) in [6.45, 7) is 10.4. The summed E-state index contributed by atoms with van der Waals surface area (Å²) in [4.78, 5) is 37.2. The SMILES string of the molecule is CC1=C(C(=O)CS(=O)(=O)NC(C)C)C(c2cccc([N+](=O)[O-])c2)C(C(=O)OCC(C)C)=C(C)N1. The van der Waals surface area contributed by atoms with Gasteiger partial charge in [0, 0.05) is 41.1 Å². The van der Waals surface area contributed by atoms with E-state index < -0.39 is 44.4 Å². The zero-order valence-electron chi connectivity index (χ0n) is 20.2. The van der Waals surface area contributed by atoms with Crippen molar-refractivity contribution in [3.8, 4) is 0 Å². The second kappa shape index (κ2) is 10.9. The number of dihydropyridines is 1. The summed E-state index contributed by atoms with van der Waals surface area (Å²) in [5.41, 5.74) is 1.01. The van der Waals surface area contributed by atoms with Crippen LogP contribution in [0.2, 0.25) is 0 Å². The Labute approximate surface area is 199 Å². The zero-order chi connectivity index (χ0) is 25.8. The quantitative estimate of drug-likeness (QED) is 0.287. The van der Waals surface area contributed by atoms with E-state index in [1.54, 1.807) is 33.8 Å². The predicted octanol–water partition coefficient (Wildman–Crippen LogP) is 2.93. The Balaban J connectivity index is 2.64. The molecule has 0 spiro atoms. The Hall–Kier alpha value is -3.05. The van der Waals surface area contributed by atoms with Gasteiger partial charge in [0.1, 0.15) is 5.75 Å². The molecule has 1 aromatic rings. The highest BCUT2D eigenvalue weighted by Crippen LogP contribution is 2.40. The van der Waals surface area contributed by atoms with Gasteiger partial charge in [-0.1, -0.05) is 26.0 Å². The number of esters is 1. The summed E-state index contributed by atoms with van der Waals surface area (Å²) in [6, 6.07) is 5.19. The van der Waals surface area contributed by atoms with Gasteiger partial charge in [0.05, 0.1) is 17.1 Å². The minimum absolute atomic E-state index is 0.0386. The first-order valence-electron chi connectivity index (χ1n) is 10.9. The second-order valence-corrected chi connectivity index (χ2v) is 10.7. The van der Waals surface area contributed by atoms with Crippen molar-refractivity contribution in [1.82, 2.24) is 10.0 Å². The molecule has 2 rings (SSSR count). The molecule has 0 bridgehead atoms. The Morgan fingerprint density at radius 3 is 2.32 bits per heavy atom. The molecule has 186 valence electrons. The van der Waals surface area contributed by atoms with Gasteiger partial charge in [0.2, 0.25) is 10.0 Å². The van der Waals surface area contributed by atoms with Crippen LogP contribution in [0.4, 0.5) is 5.69 Å². The van der Waals surface area contributed by atoms with Gasteiger partial charge in [-0.05, 0) is 39.2 Å². The maximum Gasteiger partial charge on any atom is 0.336 e. The molecule has 2 N–H and O–H groups in total. The molecule has 1 aromatic carbocycles. The van der Waals surface area contributed by atoms with Crippen LogP contribution >= 0.6 is 0 Å². The number of hydrogen-bond donors (Lipinski definition) is 2. The van der Waals surface area contributed by atoms with Crippen LogP contribution < -0.4 is 10.0 Å². The van der Waals surface area contributed by atoms with Crippen LogP contribution in [0.25, 0.3) is 0 Å². The molecule has 1 heterocycles. The summed E-state index contributed by atoms with van der Waals surface area (Å²) in [5, 5.41) is 14.4. The lowest BCUT2D eigenvalue weighted by Crippen LogP contribution is -2.38. The molecule has 34 heavy (non-hydrogen) atoms. The molecule has 0 saturated heterocycles. The number of sulfonamides is 1. The first-order valence-corrected chi connectivity index (χ1v) is 12.5. The number of non-ortho nitro benzene ring substituents is 1. The summed E-state index contributed by atoms with van der Waals surface area (Å²) < 4.78 is 32.8. The zero-order valence-corrected chi connectivity index (χ0v) is 21.0. The number of hydrogen-bond acceptors (Lipinski definition) is 8. The minimum atomic E-state index is -3.95. The number of rotatable bonds is 10. The second-order valence-electron chi connectivity index (χ2n) is 8.93. The van der Waals surface area contributed by atoms with Crippen molar-refractivity contribution in [3.05, 3.63) is 62.5 Å². The van der Waals surface area contributed by atoms with Crippen molar-refractivity contribution in [1.29, 1.82) is 0 Å². The maximum atomic E-state index is 13.3. The Morgan fingerprint density at radius 2 is 1.76 bits per heavy atom. The fourth-order valence-corrected chi connectivity index (χ4v) is 5.06. The average Bonchev–Trinajstić information content (AvgIpc) is 2.69. The van der Waals surface area contributed by atoms with Crippen LogP contribution in [0, 0.1) is 16.0 Å². The van der Waals surface area contributed by atoms with Crippen molar-refractivity contribution in [2.75, 3.05) is 12.4 Å². The standard InChI is InChI=1S/C23H31N3O7S/c1-13(2)11-33-23(28)21-16(6)24-15(5)20(19(27)12-34(31,32)25-14(3)4)22(21)17-8-7-9-18(10-17)26(29)30/h7-10,13-14,22,24-25H,11-12H2,1-6H3. The van der Waals surface area contributed by atoms with Crippen LogP contribution in [0.1, 0.15) is 53.0 Å². The topological polar surface area (TPSA) is 145 Å². The number of carbonyl (C=O) groups is 2. The van der Waals surface area contributed by atoms with Crippen molar-refractivity contribution in [2.24, 2.45) is 5.92 Å². The summed E-state index contributed by atoms with van der Waals surface area (Å²) in [7, 11) is -3.95. The van der Waals surface area contributed by atoms with Gasteiger partial charge in [-0.25, -0.2) is 17.9 Å². The predicted molar refractivity (Wildman–Crippen MR) is 127 cm³/mol. The summed E-state index contributed by atoms with van der Waals surface area (Å²) in [5.74, 6) is -3.23. The van der Waals surface area contributed by atoms with Gasteiger partial charge in [-0.15, -0.1) is 0 Å². The number of carbonyl (C=O) groups excluding carboxylic acids is 2. The molecule has 0 aromatic heterocycles. The molecule has 0 radical (unpaired) electrons. The van der Waals surface area contributed by atoms with Gasteiger partial charge >= 0.3 is 5.97 Å². The smallest absolute Gasteiger partial charge is 0.336 e. The van der Waals surface area contributed by atoms with E-state index in [1.807, 2.05) is 13.8 Å². The Bertz CT molecular complexity index is 1150. The number of nitro groups is 1. The molecule has 11 heteroatoms. The lowest BCUT2D eigenvalue weighted by molar-refractivity contribution is -0.384. The Morgan fingerprint density at radius 1 is 1.15 bits per heavy atom. The van der Waals surface area contributed by atoms with E-state index >= 15 is 0 Å². The van der Waals surface area contributed by atoms with Crippen LogP contribution in [0.15, 0.2) is 46.8 Å². The van der Waals surface area contributed by atoms with Crippen LogP contribution in [0.5, 0.6) is 0 Å². The van der Waals surface area contributed by atoms with Gasteiger partial charge in [-0.3, -0.25) is 14.9 Å². The number of nitrogens with one attached hydrogen (secondary N) is 2. The summed E-state index contributed by atoms with van der Waals surface area (Å²) >= 11 is 0. The Kier molecular flexibility index (Phi) is 8.73. The van der Waals surface area contributed by atoms with Gasteiger partial charge < -0.3 is 10.1 Å². The minimum Gasteiger partial charge on any atom is -0.462 e. The van der Waals surface area contributed by atoms with E-state index in [-0.39, 0.29) is 29.4 Å². The molecule has 1 unspecified atom stereocenters. The number of nitrogens with zero attached hydrogens (tertiary/aromatic N) is 1. The number of allylic oxidation sites excluding steroid dienone is 3. The van der Waals surface area contributed by atoms with E-state index in [9.17, 15) is 28.1 Å². The molecule has 1 aliphatic rings. The lowest BCUT2D eigenvalue weighted by atomic mass is 9.79. The molecule has 0 fully saturated rings. The highest BCUT2D eigenvalue weighted by molar-refractivity contribution is 7.90. The first-order chi connectivity index (χ1) is 15.7. The van der Waals surface area contributed by atoms with Gasteiger partial charge in [0.25, 0.3) is 5.69 Å². The number of nitro benzene ring substituents is 1. The van der Waals surface area contributed by atoms with E-state index in [0.29, 0.717) is 17.0 Å². The monoisotopic (exact) mass is 493 g/mol. The van der Waals surface area contributed by atoms with Crippen molar-refractivity contribution in [2.45, 2.75) is 53.5 Å². The van der Waals surface area contributed by atoms with Crippen LogP contribution in [-0.4, -0.2) is 43.5 Å². The number of ketones is 1. The number of Topliss-reactive ketones (excluding diaryl/α,β-unsaturated/α-hetero) is 1. The third kappa shape index (κ3) is 6.73. The van der Waals surface area contributed by atoms with Crippen molar-refractivity contribution < 1.29 is 27.7 Å². The molecular formula is C23H31N3O7S. The van der Waals surface area contributed by atoms with E-state index in [0.717, 1.165) is 0 Å². The molecule has 0 aliphatic carbocycles. The fraction of sp³-hybridized carbons (Fsp3) is 0.478. The van der Waals surface area contributed by atoms with Crippen molar-refractivity contribution in [3.63, 3.8) is 0 Å². The van der Waals surface area contributed by atoms with Crippen LogP contribution in [0.3, 0.4) is 0 Å². The van der Waals surface area contributed by atoms with E-state index in [1.165, 1.54) is 18.2 Å². The molecule has 0 saturated carbocycles. The largest absolute Gasteiger partial charge is 0.462 e. The normalized spacial score (nSPS) is 16.6. The molecule has 0 amide bonds. The fourth-order valence-electron chi connectivity index (χ4n) is 3.76. The lowest BCUT2D eigenvalue weighted by Gasteiger charge is -2.31. The third-order valence-corrected chi connectivity index (χ3v) is 6.45. The molecular weight excluding hydrogens is 462 g/mol. The average molecular weight is 494 g/mol. The number of ether oxygens (including phenoxy) is 1. The van der Waals surface area contributed by atoms with E-state index in [2.05, 4.69) is 10.0 Å². The highest BCUT2D eigenvalue weighted by Gasteiger charge is 2.38. The maximum absolute atomic E-state index is 13.3. The summed E-state index contributed by atoms with van der Waals surface area (Å²) in [6.07, 6.45) is 0.